The van der Waals surface area contributed by atoms with E-state index in [4.69, 9.17) is 5.73 Å². The molecule has 0 aliphatic carbocycles. The SMILES string of the molecule is CC(C)CC[C@@H](O)[C@@H](N)c1ccc(C(F)(F)F)cc1C(F)(F)F. The topological polar surface area (TPSA) is 46.2 Å². The molecule has 0 radical (unpaired) electrons. The van der Waals surface area contributed by atoms with Crippen molar-refractivity contribution in [3.05, 3.63) is 34.9 Å². The molecule has 0 aliphatic rings. The molecule has 0 aromatic heterocycles. The van der Waals surface area contributed by atoms with Gasteiger partial charge in [0.05, 0.1) is 23.3 Å². The largest absolute Gasteiger partial charge is 0.416 e. The van der Waals surface area contributed by atoms with Gasteiger partial charge in [0.1, 0.15) is 0 Å². The first-order valence-corrected chi connectivity index (χ1v) is 7.06. The van der Waals surface area contributed by atoms with E-state index in [1.54, 1.807) is 0 Å². The van der Waals surface area contributed by atoms with E-state index in [0.717, 1.165) is 0 Å². The van der Waals surface area contributed by atoms with Crippen molar-refractivity contribution in [2.45, 2.75) is 51.2 Å². The van der Waals surface area contributed by atoms with Crippen LogP contribution in [0.15, 0.2) is 18.2 Å². The van der Waals surface area contributed by atoms with Gasteiger partial charge in [-0.05, 0) is 36.5 Å². The van der Waals surface area contributed by atoms with E-state index in [9.17, 15) is 31.4 Å². The van der Waals surface area contributed by atoms with Gasteiger partial charge in [0.15, 0.2) is 0 Å². The Morgan fingerprint density at radius 2 is 1.57 bits per heavy atom. The maximum Gasteiger partial charge on any atom is 0.416 e. The van der Waals surface area contributed by atoms with Crippen LogP contribution in [0.5, 0.6) is 0 Å². The van der Waals surface area contributed by atoms with E-state index in [2.05, 4.69) is 0 Å². The summed E-state index contributed by atoms with van der Waals surface area (Å²) in [5.74, 6) is 0.214. The minimum absolute atomic E-state index is 0.0321. The summed E-state index contributed by atoms with van der Waals surface area (Å²) in [7, 11) is 0. The molecule has 0 saturated heterocycles. The maximum atomic E-state index is 13.0. The average Bonchev–Trinajstić information content (AvgIpc) is 2.41. The molecule has 8 heteroatoms. The highest BCUT2D eigenvalue weighted by atomic mass is 19.4. The predicted molar refractivity (Wildman–Crippen MR) is 73.5 cm³/mol. The van der Waals surface area contributed by atoms with Crippen molar-refractivity contribution in [1.82, 2.24) is 0 Å². The van der Waals surface area contributed by atoms with Crippen LogP contribution in [0.2, 0.25) is 0 Å². The van der Waals surface area contributed by atoms with Crippen molar-refractivity contribution in [3.8, 4) is 0 Å². The van der Waals surface area contributed by atoms with Crippen molar-refractivity contribution in [3.63, 3.8) is 0 Å². The molecule has 1 aromatic rings. The molecule has 132 valence electrons. The zero-order valence-corrected chi connectivity index (χ0v) is 12.7. The third kappa shape index (κ3) is 5.39. The summed E-state index contributed by atoms with van der Waals surface area (Å²) >= 11 is 0. The van der Waals surface area contributed by atoms with Crippen molar-refractivity contribution in [1.29, 1.82) is 0 Å². The Kier molecular flexibility index (Phi) is 6.09. The minimum atomic E-state index is -4.99. The van der Waals surface area contributed by atoms with Crippen LogP contribution in [0.4, 0.5) is 26.3 Å². The van der Waals surface area contributed by atoms with E-state index in [1.807, 2.05) is 13.8 Å². The van der Waals surface area contributed by atoms with Gasteiger partial charge in [-0.3, -0.25) is 0 Å². The Hall–Kier alpha value is -1.28. The zero-order chi connectivity index (χ0) is 18.0. The fourth-order valence-electron chi connectivity index (χ4n) is 2.16. The molecule has 1 rings (SSSR count). The second-order valence-electron chi connectivity index (χ2n) is 5.86. The quantitative estimate of drug-likeness (QED) is 0.772. The lowest BCUT2D eigenvalue weighted by molar-refractivity contribution is -0.143. The van der Waals surface area contributed by atoms with Crippen LogP contribution >= 0.6 is 0 Å². The number of halogens is 6. The van der Waals surface area contributed by atoms with E-state index >= 15 is 0 Å². The summed E-state index contributed by atoms with van der Waals surface area (Å²) in [5.41, 5.74) is 2.24. The number of hydrogen-bond donors (Lipinski definition) is 2. The summed E-state index contributed by atoms with van der Waals surface area (Å²) in [5, 5.41) is 9.92. The second kappa shape index (κ2) is 7.09. The van der Waals surface area contributed by atoms with Gasteiger partial charge in [0, 0.05) is 0 Å². The molecule has 23 heavy (non-hydrogen) atoms. The number of benzene rings is 1. The second-order valence-corrected chi connectivity index (χ2v) is 5.86. The third-order valence-electron chi connectivity index (χ3n) is 3.50. The van der Waals surface area contributed by atoms with Crippen molar-refractivity contribution in [2.75, 3.05) is 0 Å². The maximum absolute atomic E-state index is 13.0. The fraction of sp³-hybridized carbons (Fsp3) is 0.600. The van der Waals surface area contributed by atoms with Crippen LogP contribution < -0.4 is 5.73 Å². The van der Waals surface area contributed by atoms with Gasteiger partial charge in [-0.2, -0.15) is 26.3 Å². The van der Waals surface area contributed by atoms with Crippen molar-refractivity contribution >= 4 is 0 Å². The first kappa shape index (κ1) is 19.8. The number of alkyl halides is 6. The number of rotatable bonds is 5. The molecule has 0 amide bonds. The Morgan fingerprint density at radius 1 is 1.00 bits per heavy atom. The number of nitrogens with two attached hydrogens (primary N) is 1. The standard InChI is InChI=1S/C15H19F6NO/c1-8(2)3-6-12(23)13(22)10-5-4-9(14(16,17)18)7-11(10)15(19,20)21/h4-5,7-8,12-13,23H,3,6,22H2,1-2H3/t12-,13+/m1/s1. The Balaban J connectivity index is 3.19. The van der Waals surface area contributed by atoms with Gasteiger partial charge in [0.2, 0.25) is 0 Å². The van der Waals surface area contributed by atoms with Gasteiger partial charge in [-0.25, -0.2) is 0 Å². The smallest absolute Gasteiger partial charge is 0.391 e. The molecule has 0 heterocycles. The predicted octanol–water partition coefficient (Wildman–Crippen LogP) is 4.52. The van der Waals surface area contributed by atoms with Crippen LogP contribution in [0, 0.1) is 5.92 Å². The van der Waals surface area contributed by atoms with Gasteiger partial charge >= 0.3 is 12.4 Å². The van der Waals surface area contributed by atoms with Gasteiger partial charge < -0.3 is 10.8 Å². The van der Waals surface area contributed by atoms with Gasteiger partial charge in [-0.1, -0.05) is 19.9 Å². The van der Waals surface area contributed by atoms with Crippen molar-refractivity contribution in [2.24, 2.45) is 11.7 Å². The van der Waals surface area contributed by atoms with E-state index in [-0.39, 0.29) is 18.4 Å². The van der Waals surface area contributed by atoms with E-state index in [1.165, 1.54) is 0 Å². The molecule has 0 bridgehead atoms. The Bertz CT molecular complexity index is 524. The molecule has 1 aromatic carbocycles. The van der Waals surface area contributed by atoms with Crippen LogP contribution in [-0.4, -0.2) is 11.2 Å². The average molecular weight is 343 g/mol. The molecule has 0 fully saturated rings. The summed E-state index contributed by atoms with van der Waals surface area (Å²) in [6.07, 6.45) is -10.4. The molecule has 2 nitrogen and oxygen atoms in total. The Morgan fingerprint density at radius 3 is 2.00 bits per heavy atom. The van der Waals surface area contributed by atoms with E-state index < -0.39 is 41.2 Å². The monoisotopic (exact) mass is 343 g/mol. The van der Waals surface area contributed by atoms with Crippen LogP contribution in [0.1, 0.15) is 49.4 Å². The molecule has 3 N–H and O–H groups in total. The third-order valence-corrected chi connectivity index (χ3v) is 3.50. The number of hydrogen-bond acceptors (Lipinski definition) is 2. The lowest BCUT2D eigenvalue weighted by Gasteiger charge is -2.24. The number of aliphatic hydroxyl groups excluding tert-OH is 1. The number of aliphatic hydroxyl groups is 1. The van der Waals surface area contributed by atoms with Crippen LogP contribution in [-0.2, 0) is 12.4 Å². The van der Waals surface area contributed by atoms with Crippen molar-refractivity contribution < 1.29 is 31.4 Å². The highest BCUT2D eigenvalue weighted by Gasteiger charge is 2.39. The summed E-state index contributed by atoms with van der Waals surface area (Å²) in [6, 6.07) is -0.147. The summed E-state index contributed by atoms with van der Waals surface area (Å²) < 4.78 is 77.0. The lowest BCUT2D eigenvalue weighted by atomic mass is 9.91. The normalized spacial score (nSPS) is 15.8. The molecule has 0 unspecified atom stereocenters. The lowest BCUT2D eigenvalue weighted by Crippen LogP contribution is -2.29. The highest BCUT2D eigenvalue weighted by Crippen LogP contribution is 2.39. The highest BCUT2D eigenvalue weighted by molar-refractivity contribution is 5.38. The molecule has 0 aliphatic heterocycles. The first-order chi connectivity index (χ1) is 10.3. The van der Waals surface area contributed by atoms with Crippen LogP contribution in [0.3, 0.4) is 0 Å². The fourth-order valence-corrected chi connectivity index (χ4v) is 2.16. The molecule has 0 saturated carbocycles. The minimum Gasteiger partial charge on any atom is -0.391 e. The molecular formula is C15H19F6NO. The van der Waals surface area contributed by atoms with Crippen LogP contribution in [0.25, 0.3) is 0 Å². The molecular weight excluding hydrogens is 324 g/mol. The van der Waals surface area contributed by atoms with Gasteiger partial charge in [-0.15, -0.1) is 0 Å². The van der Waals surface area contributed by atoms with E-state index in [0.29, 0.717) is 18.6 Å². The van der Waals surface area contributed by atoms with Gasteiger partial charge in [0.25, 0.3) is 0 Å². The first-order valence-electron chi connectivity index (χ1n) is 7.06. The Labute approximate surface area is 130 Å². The molecule has 0 spiro atoms. The summed E-state index contributed by atoms with van der Waals surface area (Å²) in [6.45, 7) is 3.75. The molecule has 2 atom stereocenters. The summed E-state index contributed by atoms with van der Waals surface area (Å²) in [4.78, 5) is 0. The zero-order valence-electron chi connectivity index (χ0n) is 12.7.